The molecule has 0 saturated heterocycles. The third-order valence-corrected chi connectivity index (χ3v) is 18.6. The molecule has 2 aliphatic rings. The maximum atomic E-state index is 12.2. The van der Waals surface area contributed by atoms with Crippen molar-refractivity contribution >= 4 is 35.6 Å². The SMILES string of the molecule is C.C.CC12CCC(c3c1n[n-]c3-c1nccc3ccccc13)C2(C)C.Cc1cc(-c2ccccn2)[n-]n1.Cc1cc(-c2cnccn2)[n-]n1.Cc1cc(-c2cnccn2)[n-]n1.Cc1n[n-]c(-c2ccccn2)n1.Cc1n[n-]c(-c2ccccn2)n1.FC(F)(F)c1cc(-c2ccccn2)[n-]n1.FC(F)(F)c1cc(-c2ccccn2)[n-]n1.O=C(O)c1ccccn1.[Cl][Pt][Cl].[Pt+2].[Pt+2].[Pt+2].[Pt]. The maximum absolute atomic E-state index is 12.2. The molecule has 20 rings (SSSR count). The number of hydrogen-bond donors (Lipinski definition) is 1. The molecule has 31 nitrogen and oxygen atoms in total. The number of fused-ring (bicyclic) bond motifs is 6. The topological polar surface area (TPSA) is 421 Å². The Hall–Kier alpha value is -11.7. The van der Waals surface area contributed by atoms with E-state index in [1.54, 1.807) is 118 Å². The van der Waals surface area contributed by atoms with Gasteiger partial charge in [0.25, 0.3) is 0 Å². The van der Waals surface area contributed by atoms with Crippen molar-refractivity contribution in [2.75, 3.05) is 0 Å². The molecule has 1 saturated carbocycles. The Bertz CT molecular complexity index is 5780. The standard InChI is InChI=1S/C20H20N3.2C9H5F3N3.C9H8N3.4C8H7N4.C6H5NO2.2CH4.2ClH.5Pt/c1-19(2)14-8-10-20(19,3)18-15(14)17(22-23-18)16-13-7-5-4-6-12(13)9-11-21-16;2*10-9(11,12)8-5-7(14-15-8)6-3-1-2-4-13-6;1-7-6-9(12-11-7)8-4-2-3-5-10-8;2*1-6-4-7(12-11-6)8-5-9-2-3-10-8;2*1-6-10-8(12-11-6)7-4-2-3-5-9-7;8-6(9)5-3-1-2-4-7-5;;;;;;;;;/h4-7,9,11,14H,8,10H2,1-3H3;2*1-5H;2-6H,1H3;4*2-5H,1H3;1-4H,(H,8,9);2*1H4;2*1H;;;;;/q8*-1;;;;;;;4*+2/p-2. The van der Waals surface area contributed by atoms with Gasteiger partial charge in [-0.15, -0.1) is 0 Å². The minimum atomic E-state index is -4.46. The van der Waals surface area contributed by atoms with E-state index in [-0.39, 0.29) is 127 Å². The molecule has 2 unspecified atom stereocenters. The molecule has 0 spiro atoms. The number of nitrogens with zero attached hydrogens (tertiary/aromatic N) is 29. The van der Waals surface area contributed by atoms with Gasteiger partial charge in [-0.3, -0.25) is 60.0 Å². The summed E-state index contributed by atoms with van der Waals surface area (Å²) in [4.78, 5) is 62.8. The van der Waals surface area contributed by atoms with Crippen LogP contribution in [0.4, 0.5) is 26.3 Å². The minimum Gasteiger partial charge on any atom is 0 e. The predicted octanol–water partition coefficient (Wildman–Crippen LogP) is 16.7. The zero-order chi connectivity index (χ0) is 88.9. The zero-order valence-corrected chi connectivity index (χ0v) is 81.5. The number of carboxylic acid groups (broad SMARTS) is 1. The van der Waals surface area contributed by atoms with Crippen molar-refractivity contribution in [3.63, 3.8) is 0 Å². The van der Waals surface area contributed by atoms with Gasteiger partial charge in [0.15, 0.2) is 0 Å². The first-order valence-electron chi connectivity index (χ1n) is 37.4. The predicted molar refractivity (Wildman–Crippen MR) is 458 cm³/mol. The molecule has 1 fully saturated rings. The van der Waals surface area contributed by atoms with Gasteiger partial charge in [0.1, 0.15) is 17.1 Å². The molecule has 2 aliphatic carbocycles. The van der Waals surface area contributed by atoms with Crippen molar-refractivity contribution in [1.29, 1.82) is 0 Å². The molecule has 131 heavy (non-hydrogen) atoms. The van der Waals surface area contributed by atoms with E-state index in [9.17, 15) is 31.1 Å². The number of alkyl halides is 6. The molecule has 1 aromatic carbocycles. The first kappa shape index (κ1) is 110. The van der Waals surface area contributed by atoms with Crippen molar-refractivity contribution in [1.82, 2.24) is 146 Å². The number of carbonyl (C=O) groups is 1. The fourth-order valence-electron chi connectivity index (χ4n) is 12.4. The van der Waals surface area contributed by atoms with Crippen molar-refractivity contribution < 1.29 is 137 Å². The van der Waals surface area contributed by atoms with Gasteiger partial charge in [0.2, 0.25) is 0 Å². The average Bonchev–Trinajstić information content (AvgIpc) is 1.52. The fourth-order valence-corrected chi connectivity index (χ4v) is 12.4. The Morgan fingerprint density at radius 1 is 0.420 bits per heavy atom. The molecular formula is C87H79Cl2F6N29O2Pt5-2. The van der Waals surface area contributed by atoms with Crippen LogP contribution >= 0.6 is 18.8 Å². The summed E-state index contributed by atoms with van der Waals surface area (Å²) < 4.78 is 73.2. The van der Waals surface area contributed by atoms with E-state index in [4.69, 9.17) is 23.9 Å². The zero-order valence-electron chi connectivity index (χ0n) is 68.6. The molecule has 0 amide bonds. The van der Waals surface area contributed by atoms with Crippen LogP contribution < -0.4 is 40.8 Å². The van der Waals surface area contributed by atoms with Crippen molar-refractivity contribution in [2.45, 2.75) is 107 Å². The van der Waals surface area contributed by atoms with Gasteiger partial charge < -0.3 is 86.5 Å². The second-order valence-corrected chi connectivity index (χ2v) is 30.6. The number of rotatable bonds is 9. The Balaban J connectivity index is 0.000000261. The van der Waals surface area contributed by atoms with E-state index in [0.29, 0.717) is 40.6 Å². The number of aromatic carboxylic acids is 1. The molecule has 17 aromatic heterocycles. The van der Waals surface area contributed by atoms with Gasteiger partial charge in [-0.05, 0) is 172 Å². The van der Waals surface area contributed by atoms with Crippen molar-refractivity contribution in [2.24, 2.45) is 5.41 Å². The van der Waals surface area contributed by atoms with Crippen LogP contribution in [0, 0.1) is 40.0 Å². The van der Waals surface area contributed by atoms with Gasteiger partial charge >= 0.3 is 117 Å². The first-order valence-corrected chi connectivity index (χ1v) is 43.0. The largest absolute Gasteiger partial charge is 2.00 e. The van der Waals surface area contributed by atoms with E-state index >= 15 is 0 Å². The summed E-state index contributed by atoms with van der Waals surface area (Å²) in [6, 6.07) is 49.4. The Morgan fingerprint density at radius 2 is 0.786 bits per heavy atom. The number of aromatic nitrogens is 29. The van der Waals surface area contributed by atoms with E-state index in [1.165, 1.54) is 59.5 Å². The fraction of sp³-hybridized carbons (Fsp3) is 0.195. The van der Waals surface area contributed by atoms with Crippen LogP contribution in [0.15, 0.2) is 250 Å². The minimum absolute atomic E-state index is 0. The molecule has 1 N–H and O–H groups in total. The average molecular weight is 2720 g/mol. The summed E-state index contributed by atoms with van der Waals surface area (Å²) >= 11 is -0.472. The van der Waals surface area contributed by atoms with E-state index in [0.717, 1.165) is 86.2 Å². The van der Waals surface area contributed by atoms with E-state index < -0.39 is 46.2 Å². The summed E-state index contributed by atoms with van der Waals surface area (Å²) in [5.74, 6) is 2.09. The molecule has 18 aromatic rings. The van der Waals surface area contributed by atoms with Crippen LogP contribution in [-0.2, 0) is 119 Å². The normalized spacial score (nSPS) is 12.9. The van der Waals surface area contributed by atoms with Gasteiger partial charge in [0, 0.05) is 152 Å². The Labute approximate surface area is 822 Å². The van der Waals surface area contributed by atoms with Crippen LogP contribution in [0.1, 0.15) is 116 Å². The summed E-state index contributed by atoms with van der Waals surface area (Å²) in [5.41, 5.74) is 13.1. The second kappa shape index (κ2) is 53.0. The second-order valence-electron chi connectivity index (χ2n) is 27.4. The molecule has 2 bridgehead atoms. The van der Waals surface area contributed by atoms with Gasteiger partial charge in [0.05, 0.1) is 40.9 Å². The van der Waals surface area contributed by atoms with Gasteiger partial charge in [-0.25, -0.2) is 9.78 Å². The smallest absolute Gasteiger partial charge is 0 e. The summed E-state index contributed by atoms with van der Waals surface area (Å²) in [5, 5.41) is 71.7. The molecule has 0 aliphatic heterocycles. The Kier molecular flexibility index (Phi) is 44.4. The number of hydrogen-bond acceptors (Lipinski definition) is 22. The third kappa shape index (κ3) is 30.7. The van der Waals surface area contributed by atoms with Crippen LogP contribution in [0.2, 0.25) is 0 Å². The molecule has 692 valence electrons. The maximum Gasteiger partial charge on any atom is 2.00 e. The first-order chi connectivity index (χ1) is 60.2. The molecule has 17 heterocycles. The summed E-state index contributed by atoms with van der Waals surface area (Å²) in [6.45, 7) is 16.5. The van der Waals surface area contributed by atoms with Crippen LogP contribution in [-0.4, -0.2) is 117 Å². The van der Waals surface area contributed by atoms with Crippen LogP contribution in [0.5, 0.6) is 0 Å². The quantitative estimate of drug-likeness (QED) is 0.131. The molecule has 0 radical (unpaired) electrons. The molecule has 44 heteroatoms. The number of aryl methyl sites for hydroxylation is 5. The van der Waals surface area contributed by atoms with E-state index in [2.05, 4.69) is 197 Å². The number of pyridine rings is 7. The van der Waals surface area contributed by atoms with E-state index in [1.807, 2.05) is 99.8 Å². The third-order valence-electron chi connectivity index (χ3n) is 18.6. The number of carboxylic acids is 1. The van der Waals surface area contributed by atoms with Gasteiger partial charge in [-0.1, -0.05) is 149 Å². The van der Waals surface area contributed by atoms with Gasteiger partial charge in [-0.2, -0.15) is 26.3 Å². The number of benzene rings is 1. The summed E-state index contributed by atoms with van der Waals surface area (Å²) in [6.07, 6.45) is 14.9. The van der Waals surface area contributed by atoms with Crippen molar-refractivity contribution in [3.05, 3.63) is 307 Å². The monoisotopic (exact) mass is 2720 g/mol. The van der Waals surface area contributed by atoms with Crippen LogP contribution in [0.3, 0.4) is 0 Å². The number of halogens is 8. The van der Waals surface area contributed by atoms with Crippen LogP contribution in [0.25, 0.3) is 102 Å². The molecular weight excluding hydrogens is 2640 g/mol. The summed E-state index contributed by atoms with van der Waals surface area (Å²) in [7, 11) is 9.75. The molecule has 2 atom stereocenters. The van der Waals surface area contributed by atoms with Crippen molar-refractivity contribution in [3.8, 4) is 91.4 Å². The Morgan fingerprint density at radius 3 is 1.11 bits per heavy atom.